The van der Waals surface area contributed by atoms with E-state index in [9.17, 15) is 9.59 Å². The average Bonchev–Trinajstić information content (AvgIpc) is 2.36. The Bertz CT molecular complexity index is 286. The van der Waals surface area contributed by atoms with Gasteiger partial charge in [-0.15, -0.1) is 0 Å². The van der Waals surface area contributed by atoms with Crippen molar-refractivity contribution in [2.24, 2.45) is 0 Å². The van der Waals surface area contributed by atoms with Crippen molar-refractivity contribution in [3.8, 4) is 0 Å². The van der Waals surface area contributed by atoms with Gasteiger partial charge >= 0.3 is 6.03 Å². The molecule has 1 atom stereocenters. The Hall–Kier alpha value is -1.30. The Morgan fingerprint density at radius 2 is 1.59 bits per heavy atom. The Balaban J connectivity index is 2.46. The van der Waals surface area contributed by atoms with Crippen molar-refractivity contribution in [1.29, 1.82) is 0 Å². The fraction of sp³-hybridized carbons (Fsp3) is 0.818. The first kappa shape index (κ1) is 13.8. The number of ether oxygens (including phenoxy) is 1. The molecule has 6 nitrogen and oxygen atoms in total. The van der Waals surface area contributed by atoms with E-state index in [1.165, 1.54) is 7.11 Å². The minimum atomic E-state index is -0.411. The van der Waals surface area contributed by atoms with E-state index in [2.05, 4.69) is 0 Å². The molecule has 0 aromatic rings. The Morgan fingerprint density at radius 3 is 2.00 bits per heavy atom. The minimum absolute atomic E-state index is 0.00288. The highest BCUT2D eigenvalue weighted by molar-refractivity contribution is 5.81. The Kier molecular flexibility index (Phi) is 4.74. The minimum Gasteiger partial charge on any atom is -0.372 e. The molecule has 0 aromatic heterocycles. The van der Waals surface area contributed by atoms with Gasteiger partial charge in [0.2, 0.25) is 0 Å². The molecule has 1 heterocycles. The zero-order valence-electron chi connectivity index (χ0n) is 11.0. The van der Waals surface area contributed by atoms with Crippen molar-refractivity contribution in [3.05, 3.63) is 0 Å². The number of carbonyl (C=O) groups is 2. The lowest BCUT2D eigenvalue weighted by atomic mass is 10.2. The monoisotopic (exact) mass is 243 g/mol. The van der Waals surface area contributed by atoms with Crippen LogP contribution in [0, 0.1) is 0 Å². The zero-order chi connectivity index (χ0) is 13.0. The first-order chi connectivity index (χ1) is 7.97. The van der Waals surface area contributed by atoms with Gasteiger partial charge < -0.3 is 19.4 Å². The summed E-state index contributed by atoms with van der Waals surface area (Å²) in [6, 6.07) is -0.00288. The average molecular weight is 243 g/mol. The van der Waals surface area contributed by atoms with Crippen LogP contribution in [0.25, 0.3) is 0 Å². The van der Waals surface area contributed by atoms with Crippen molar-refractivity contribution in [2.45, 2.75) is 13.0 Å². The van der Waals surface area contributed by atoms with Gasteiger partial charge in [-0.25, -0.2) is 4.79 Å². The molecular formula is C11H21N3O3. The number of hydrogen-bond acceptors (Lipinski definition) is 3. The van der Waals surface area contributed by atoms with Crippen LogP contribution in [0.15, 0.2) is 0 Å². The molecule has 0 spiro atoms. The maximum Gasteiger partial charge on any atom is 0.319 e. The standard InChI is InChI=1S/C11H21N3O3/c1-9(17-4)10(15)13-5-7-14(8-6-13)11(16)12(2)3/h9H,5-8H2,1-4H3. The van der Waals surface area contributed by atoms with E-state index in [1.807, 2.05) is 0 Å². The number of nitrogens with zero attached hydrogens (tertiary/aromatic N) is 3. The first-order valence-corrected chi connectivity index (χ1v) is 5.75. The fourth-order valence-electron chi connectivity index (χ4n) is 1.76. The van der Waals surface area contributed by atoms with Gasteiger partial charge in [0.1, 0.15) is 6.10 Å². The maximum absolute atomic E-state index is 11.8. The van der Waals surface area contributed by atoms with Crippen molar-refractivity contribution < 1.29 is 14.3 Å². The van der Waals surface area contributed by atoms with Gasteiger partial charge in [-0.3, -0.25) is 4.79 Å². The van der Waals surface area contributed by atoms with E-state index in [1.54, 1.807) is 35.7 Å². The number of amides is 3. The Labute approximate surface area is 102 Å². The molecule has 1 unspecified atom stereocenters. The van der Waals surface area contributed by atoms with E-state index in [4.69, 9.17) is 4.74 Å². The van der Waals surface area contributed by atoms with Gasteiger partial charge in [0, 0.05) is 47.4 Å². The molecule has 98 valence electrons. The van der Waals surface area contributed by atoms with Crippen LogP contribution in [0.4, 0.5) is 4.79 Å². The highest BCUT2D eigenvalue weighted by Crippen LogP contribution is 2.06. The van der Waals surface area contributed by atoms with Gasteiger partial charge in [0.05, 0.1) is 0 Å². The molecular weight excluding hydrogens is 222 g/mol. The number of carbonyl (C=O) groups excluding carboxylic acids is 2. The highest BCUT2D eigenvalue weighted by Gasteiger charge is 2.27. The summed E-state index contributed by atoms with van der Waals surface area (Å²) in [5.74, 6) is -0.00977. The lowest BCUT2D eigenvalue weighted by Crippen LogP contribution is -2.54. The van der Waals surface area contributed by atoms with E-state index in [-0.39, 0.29) is 11.9 Å². The molecule has 1 rings (SSSR count). The van der Waals surface area contributed by atoms with Crippen LogP contribution < -0.4 is 0 Å². The molecule has 0 saturated carbocycles. The lowest BCUT2D eigenvalue weighted by molar-refractivity contribution is -0.142. The number of hydrogen-bond donors (Lipinski definition) is 0. The van der Waals surface area contributed by atoms with Crippen LogP contribution in [0.3, 0.4) is 0 Å². The van der Waals surface area contributed by atoms with Crippen molar-refractivity contribution in [1.82, 2.24) is 14.7 Å². The summed E-state index contributed by atoms with van der Waals surface area (Å²) in [6.45, 7) is 4.05. The summed E-state index contributed by atoms with van der Waals surface area (Å²) in [6.07, 6.45) is -0.411. The van der Waals surface area contributed by atoms with Crippen molar-refractivity contribution in [2.75, 3.05) is 47.4 Å². The quantitative estimate of drug-likeness (QED) is 0.677. The van der Waals surface area contributed by atoms with Crippen molar-refractivity contribution >= 4 is 11.9 Å². The van der Waals surface area contributed by atoms with Gasteiger partial charge in [-0.05, 0) is 6.92 Å². The van der Waals surface area contributed by atoms with Gasteiger partial charge in [0.25, 0.3) is 5.91 Å². The van der Waals surface area contributed by atoms with E-state index in [0.717, 1.165) is 0 Å². The largest absolute Gasteiger partial charge is 0.372 e. The molecule has 1 aliphatic heterocycles. The predicted octanol–water partition coefficient (Wildman–Crippen LogP) is -0.153. The molecule has 0 aromatic carbocycles. The predicted molar refractivity (Wildman–Crippen MR) is 63.7 cm³/mol. The summed E-state index contributed by atoms with van der Waals surface area (Å²) in [5.41, 5.74) is 0. The van der Waals surface area contributed by atoms with Crippen LogP contribution in [-0.2, 0) is 9.53 Å². The third-order valence-electron chi connectivity index (χ3n) is 2.95. The van der Waals surface area contributed by atoms with Crippen LogP contribution in [-0.4, -0.2) is 80.1 Å². The zero-order valence-corrected chi connectivity index (χ0v) is 11.0. The maximum atomic E-state index is 11.8. The van der Waals surface area contributed by atoms with E-state index < -0.39 is 6.10 Å². The number of urea groups is 1. The fourth-order valence-corrected chi connectivity index (χ4v) is 1.76. The van der Waals surface area contributed by atoms with E-state index in [0.29, 0.717) is 26.2 Å². The molecule has 1 fully saturated rings. The van der Waals surface area contributed by atoms with E-state index >= 15 is 0 Å². The Morgan fingerprint density at radius 1 is 1.12 bits per heavy atom. The second-order valence-electron chi connectivity index (χ2n) is 4.37. The number of piperazine rings is 1. The van der Waals surface area contributed by atoms with Gasteiger partial charge in [-0.2, -0.15) is 0 Å². The highest BCUT2D eigenvalue weighted by atomic mass is 16.5. The number of rotatable bonds is 2. The molecule has 3 amide bonds. The van der Waals surface area contributed by atoms with Crippen LogP contribution >= 0.6 is 0 Å². The SMILES string of the molecule is COC(C)C(=O)N1CCN(C(=O)N(C)C)CC1. The van der Waals surface area contributed by atoms with Gasteiger partial charge in [0.15, 0.2) is 0 Å². The third-order valence-corrected chi connectivity index (χ3v) is 2.95. The molecule has 1 aliphatic rings. The smallest absolute Gasteiger partial charge is 0.319 e. The summed E-state index contributed by atoms with van der Waals surface area (Å²) in [5, 5.41) is 0. The molecule has 1 saturated heterocycles. The normalized spacial score (nSPS) is 17.9. The van der Waals surface area contributed by atoms with Crippen molar-refractivity contribution in [3.63, 3.8) is 0 Å². The first-order valence-electron chi connectivity index (χ1n) is 5.75. The molecule has 0 radical (unpaired) electrons. The molecule has 17 heavy (non-hydrogen) atoms. The molecule has 6 heteroatoms. The summed E-state index contributed by atoms with van der Waals surface area (Å²) in [7, 11) is 4.98. The molecule has 0 aliphatic carbocycles. The summed E-state index contributed by atoms with van der Waals surface area (Å²) in [4.78, 5) is 28.6. The second kappa shape index (κ2) is 5.86. The van der Waals surface area contributed by atoms with Gasteiger partial charge in [-0.1, -0.05) is 0 Å². The third kappa shape index (κ3) is 3.33. The topological polar surface area (TPSA) is 53.1 Å². The molecule has 0 bridgehead atoms. The second-order valence-corrected chi connectivity index (χ2v) is 4.37. The summed E-state index contributed by atoms with van der Waals surface area (Å²) >= 11 is 0. The van der Waals surface area contributed by atoms with Crippen LogP contribution in [0.2, 0.25) is 0 Å². The summed E-state index contributed by atoms with van der Waals surface area (Å²) < 4.78 is 5.00. The number of methoxy groups -OCH3 is 1. The van der Waals surface area contributed by atoms with Crippen LogP contribution in [0.1, 0.15) is 6.92 Å². The lowest BCUT2D eigenvalue weighted by Gasteiger charge is -2.36. The van der Waals surface area contributed by atoms with Crippen LogP contribution in [0.5, 0.6) is 0 Å². The molecule has 0 N–H and O–H groups in total.